The third-order valence-corrected chi connectivity index (χ3v) is 6.78. The van der Waals surface area contributed by atoms with Gasteiger partial charge >= 0.3 is 6.16 Å². The highest BCUT2D eigenvalue weighted by Crippen LogP contribution is 2.33. The Morgan fingerprint density at radius 1 is 0.974 bits per heavy atom. The maximum atomic E-state index is 12.3. The first kappa shape index (κ1) is 27.4. The first-order valence-electron chi connectivity index (χ1n) is 13.5. The molecule has 0 aromatic heterocycles. The summed E-state index contributed by atoms with van der Waals surface area (Å²) in [6.07, 6.45) is -0.452. The van der Waals surface area contributed by atoms with E-state index in [1.807, 2.05) is 45.0 Å². The lowest BCUT2D eigenvalue weighted by atomic mass is 9.87. The first-order valence-corrected chi connectivity index (χ1v) is 13.5. The molecule has 2 fully saturated rings. The summed E-state index contributed by atoms with van der Waals surface area (Å²) in [5, 5.41) is 4.02. The van der Waals surface area contributed by atoms with Crippen LogP contribution in [-0.4, -0.2) is 62.1 Å². The fourth-order valence-electron chi connectivity index (χ4n) is 4.91. The third kappa shape index (κ3) is 7.70. The van der Waals surface area contributed by atoms with Crippen LogP contribution in [0.1, 0.15) is 44.2 Å². The van der Waals surface area contributed by atoms with Crippen molar-refractivity contribution >= 4 is 16.9 Å². The van der Waals surface area contributed by atoms with Crippen LogP contribution in [-0.2, 0) is 30.4 Å². The molecule has 2 aliphatic heterocycles. The van der Waals surface area contributed by atoms with Crippen LogP contribution in [0.2, 0.25) is 0 Å². The molecule has 0 N–H and O–H groups in total. The minimum Gasteiger partial charge on any atom is -0.488 e. The highest BCUT2D eigenvalue weighted by molar-refractivity contribution is 5.82. The number of hydrogen-bond acceptors (Lipinski definition) is 8. The van der Waals surface area contributed by atoms with Crippen molar-refractivity contribution in [3.8, 4) is 5.75 Å². The zero-order valence-electron chi connectivity index (χ0n) is 22.8. The number of benzene rings is 3. The zero-order chi connectivity index (χ0) is 27.2. The lowest BCUT2D eigenvalue weighted by Crippen LogP contribution is -2.45. The Balaban J connectivity index is 1.26. The molecule has 2 saturated heterocycles. The van der Waals surface area contributed by atoms with Crippen LogP contribution < -0.4 is 4.74 Å². The molecule has 8 nitrogen and oxygen atoms in total. The zero-order valence-corrected chi connectivity index (χ0v) is 22.8. The maximum absolute atomic E-state index is 12.3. The van der Waals surface area contributed by atoms with Gasteiger partial charge in [0.15, 0.2) is 6.29 Å². The molecule has 0 bridgehead atoms. The molecule has 3 aromatic rings. The van der Waals surface area contributed by atoms with Crippen LogP contribution in [0.3, 0.4) is 0 Å². The highest BCUT2D eigenvalue weighted by atomic mass is 16.8. The van der Waals surface area contributed by atoms with E-state index < -0.39 is 11.8 Å². The molecule has 2 aliphatic rings. The Bertz CT molecular complexity index is 1230. The van der Waals surface area contributed by atoms with Gasteiger partial charge in [-0.25, -0.2) is 4.79 Å². The number of hydroxylamine groups is 2. The summed E-state index contributed by atoms with van der Waals surface area (Å²) in [5.74, 6) is 0.886. The topological polar surface area (TPSA) is 75.7 Å². The molecule has 2 unspecified atom stereocenters. The van der Waals surface area contributed by atoms with Gasteiger partial charge in [-0.1, -0.05) is 48.5 Å². The number of piperidine rings is 1. The molecule has 5 rings (SSSR count). The number of fused-ring (bicyclic) bond motifs is 1. The fourth-order valence-corrected chi connectivity index (χ4v) is 4.91. The van der Waals surface area contributed by atoms with Gasteiger partial charge in [0.2, 0.25) is 0 Å². The summed E-state index contributed by atoms with van der Waals surface area (Å²) in [4.78, 5) is 17.9. The molecule has 0 spiro atoms. The van der Waals surface area contributed by atoms with E-state index in [0.717, 1.165) is 23.3 Å². The van der Waals surface area contributed by atoms with Gasteiger partial charge in [0.25, 0.3) is 0 Å². The monoisotopic (exact) mass is 535 g/mol. The summed E-state index contributed by atoms with van der Waals surface area (Å²) in [5.41, 5.74) is 1.62. The number of ether oxygens (including phenoxy) is 5. The molecule has 0 aliphatic carbocycles. The molecule has 0 amide bonds. The van der Waals surface area contributed by atoms with Crippen LogP contribution in [0.25, 0.3) is 10.8 Å². The van der Waals surface area contributed by atoms with E-state index in [-0.39, 0.29) is 18.3 Å². The summed E-state index contributed by atoms with van der Waals surface area (Å²) in [6, 6.07) is 22.7. The van der Waals surface area contributed by atoms with Gasteiger partial charge in [-0.15, -0.1) is 5.06 Å². The van der Waals surface area contributed by atoms with Crippen LogP contribution >= 0.6 is 0 Å². The largest absolute Gasteiger partial charge is 0.528 e. The average molecular weight is 536 g/mol. The minimum atomic E-state index is -0.703. The Hall–Kier alpha value is -3.17. The molecule has 0 radical (unpaired) electrons. The predicted molar refractivity (Wildman–Crippen MR) is 146 cm³/mol. The average Bonchev–Trinajstić information content (AvgIpc) is 3.44. The molecule has 2 heterocycles. The van der Waals surface area contributed by atoms with Gasteiger partial charge in [-0.3, -0.25) is 0 Å². The lowest BCUT2D eigenvalue weighted by molar-refractivity contribution is -0.179. The summed E-state index contributed by atoms with van der Waals surface area (Å²) >= 11 is 0. The van der Waals surface area contributed by atoms with Crippen LogP contribution in [0.5, 0.6) is 5.75 Å². The lowest BCUT2D eigenvalue weighted by Gasteiger charge is -2.37. The molecule has 2 atom stereocenters. The normalized spacial score (nSPS) is 20.7. The summed E-state index contributed by atoms with van der Waals surface area (Å²) in [7, 11) is 0. The molecule has 208 valence electrons. The minimum absolute atomic E-state index is 0.125. The van der Waals surface area contributed by atoms with E-state index in [4.69, 9.17) is 28.5 Å². The van der Waals surface area contributed by atoms with Crippen molar-refractivity contribution in [2.75, 3.05) is 32.9 Å². The standard InChI is InChI=1S/C31H37NO7/c1-31(2,3)38-30(33)39-32-15-14-27(24-10-12-26(13-11-24)36-21-29-34-16-17-35-29)28(19-32)37-20-22-8-9-23-6-4-5-7-25(23)18-22/h4-13,18,27-29H,14-17,19-21H2,1-3H3. The van der Waals surface area contributed by atoms with Gasteiger partial charge in [0, 0.05) is 12.5 Å². The molecule has 39 heavy (non-hydrogen) atoms. The van der Waals surface area contributed by atoms with Crippen molar-refractivity contribution in [1.82, 2.24) is 5.06 Å². The number of carbonyl (C=O) groups excluding carboxylic acids is 1. The quantitative estimate of drug-likeness (QED) is 0.334. The van der Waals surface area contributed by atoms with E-state index in [2.05, 4.69) is 42.5 Å². The van der Waals surface area contributed by atoms with E-state index in [0.29, 0.717) is 39.5 Å². The van der Waals surface area contributed by atoms with Crippen LogP contribution in [0.4, 0.5) is 4.79 Å². The first-order chi connectivity index (χ1) is 18.8. The van der Waals surface area contributed by atoms with Crippen molar-refractivity contribution in [3.63, 3.8) is 0 Å². The van der Waals surface area contributed by atoms with Crippen LogP contribution in [0, 0.1) is 0 Å². The van der Waals surface area contributed by atoms with Crippen molar-refractivity contribution in [3.05, 3.63) is 77.9 Å². The Labute approximate surface area is 229 Å². The van der Waals surface area contributed by atoms with Crippen molar-refractivity contribution in [2.24, 2.45) is 0 Å². The molecule has 0 saturated carbocycles. The Morgan fingerprint density at radius 3 is 2.46 bits per heavy atom. The highest BCUT2D eigenvalue weighted by Gasteiger charge is 2.34. The Kier molecular flexibility index (Phi) is 8.67. The second-order valence-corrected chi connectivity index (χ2v) is 10.9. The van der Waals surface area contributed by atoms with Gasteiger partial charge in [0.05, 0.1) is 32.5 Å². The van der Waals surface area contributed by atoms with E-state index in [1.54, 1.807) is 5.06 Å². The SMILES string of the molecule is CC(C)(C)OC(=O)ON1CCC(c2ccc(OCC3OCCO3)cc2)C(OCc2ccc3ccccc3c2)C1. The van der Waals surface area contributed by atoms with Gasteiger partial charge < -0.3 is 28.5 Å². The van der Waals surface area contributed by atoms with Crippen LogP contribution in [0.15, 0.2) is 66.7 Å². The summed E-state index contributed by atoms with van der Waals surface area (Å²) < 4.78 is 28.6. The maximum Gasteiger partial charge on any atom is 0.528 e. The van der Waals surface area contributed by atoms with Crippen molar-refractivity contribution in [1.29, 1.82) is 0 Å². The van der Waals surface area contributed by atoms with Gasteiger partial charge in [-0.05, 0) is 67.3 Å². The second-order valence-electron chi connectivity index (χ2n) is 10.9. The molecular weight excluding hydrogens is 498 g/mol. The van der Waals surface area contributed by atoms with E-state index >= 15 is 0 Å². The molecular formula is C31H37NO7. The number of carbonyl (C=O) groups is 1. The molecule has 8 heteroatoms. The van der Waals surface area contributed by atoms with Crippen molar-refractivity contribution in [2.45, 2.75) is 57.7 Å². The number of rotatable bonds is 8. The van der Waals surface area contributed by atoms with Gasteiger partial charge in [0.1, 0.15) is 18.0 Å². The number of nitrogens with zero attached hydrogens (tertiary/aromatic N) is 1. The van der Waals surface area contributed by atoms with Crippen molar-refractivity contribution < 1.29 is 33.3 Å². The van der Waals surface area contributed by atoms with E-state index in [9.17, 15) is 4.79 Å². The third-order valence-electron chi connectivity index (χ3n) is 6.78. The fraction of sp³-hybridized carbons (Fsp3) is 0.452. The molecule has 3 aromatic carbocycles. The van der Waals surface area contributed by atoms with Gasteiger partial charge in [-0.2, -0.15) is 0 Å². The summed E-state index contributed by atoms with van der Waals surface area (Å²) in [6.45, 7) is 8.48. The second kappa shape index (κ2) is 12.3. The number of hydrogen-bond donors (Lipinski definition) is 0. The smallest absolute Gasteiger partial charge is 0.488 e. The Morgan fingerprint density at radius 2 is 1.72 bits per heavy atom. The van der Waals surface area contributed by atoms with E-state index in [1.165, 1.54) is 10.8 Å². The predicted octanol–water partition coefficient (Wildman–Crippen LogP) is 5.83.